The first kappa shape index (κ1) is 38.8. The second-order valence-electron chi connectivity index (χ2n) is 12.0. The zero-order valence-electron chi connectivity index (χ0n) is 26.2. The summed E-state index contributed by atoms with van der Waals surface area (Å²) in [6, 6.07) is -1.54. The Morgan fingerprint density at radius 1 is 0.628 bits per heavy atom. The van der Waals surface area contributed by atoms with Crippen molar-refractivity contribution in [2.24, 2.45) is 0 Å². The molecule has 0 aromatic rings. The number of aliphatic hydroxyl groups excluding tert-OH is 1. The van der Waals surface area contributed by atoms with E-state index in [1.165, 1.54) is 57.8 Å². The van der Waals surface area contributed by atoms with Gasteiger partial charge in [0, 0.05) is 25.8 Å². The number of carboxylic acid groups (broad SMARTS) is 2. The molecule has 1 saturated heterocycles. The summed E-state index contributed by atoms with van der Waals surface area (Å²) < 4.78 is 4.86. The third kappa shape index (κ3) is 22.9. The molecule has 43 heavy (non-hydrogen) atoms. The molecule has 0 spiro atoms. The maximum absolute atomic E-state index is 12.2. The number of aliphatic hydroxyl groups is 1. The summed E-state index contributed by atoms with van der Waals surface area (Å²) in [5, 5.41) is 32.5. The minimum atomic E-state index is -1.14. The van der Waals surface area contributed by atoms with Crippen LogP contribution >= 0.6 is 0 Å². The Morgan fingerprint density at radius 2 is 1.09 bits per heavy atom. The van der Waals surface area contributed by atoms with E-state index >= 15 is 0 Å². The number of carbonyl (C=O) groups is 4. The van der Waals surface area contributed by atoms with E-state index in [9.17, 15) is 24.3 Å². The molecule has 6 N–H and O–H groups in total. The van der Waals surface area contributed by atoms with Crippen molar-refractivity contribution in [3.63, 3.8) is 0 Å². The van der Waals surface area contributed by atoms with E-state index in [0.717, 1.165) is 51.4 Å². The highest BCUT2D eigenvalue weighted by molar-refractivity contribution is 5.84. The molecule has 1 rings (SSSR count). The second-order valence-corrected chi connectivity index (χ2v) is 12.0. The SMILES string of the molecule is [NH-][C@@H](CCCCNC(=O)CC[C@H](NC(=O)CCCCCCCCCCCCCCCCCCC(=O)O)C(=O)O)C1OC1O. The van der Waals surface area contributed by atoms with Crippen LogP contribution < -0.4 is 10.6 Å². The van der Waals surface area contributed by atoms with Crippen molar-refractivity contribution in [3.05, 3.63) is 5.73 Å². The first-order chi connectivity index (χ1) is 20.7. The summed E-state index contributed by atoms with van der Waals surface area (Å²) in [5.74, 6) is -2.39. The molecule has 0 aromatic heterocycles. The van der Waals surface area contributed by atoms with Gasteiger partial charge in [0.15, 0.2) is 6.29 Å². The van der Waals surface area contributed by atoms with Crippen LogP contribution in [0.2, 0.25) is 0 Å². The Bertz CT molecular complexity index is 782. The van der Waals surface area contributed by atoms with Gasteiger partial charge in [0.05, 0.1) is 6.10 Å². The lowest BCUT2D eigenvalue weighted by Crippen LogP contribution is -2.41. The number of epoxide rings is 1. The zero-order valence-corrected chi connectivity index (χ0v) is 26.2. The van der Waals surface area contributed by atoms with Crippen LogP contribution in [0.25, 0.3) is 5.73 Å². The van der Waals surface area contributed by atoms with E-state index in [0.29, 0.717) is 25.8 Å². The summed E-state index contributed by atoms with van der Waals surface area (Å²) in [4.78, 5) is 46.3. The van der Waals surface area contributed by atoms with Crippen LogP contribution in [0, 0.1) is 0 Å². The summed E-state index contributed by atoms with van der Waals surface area (Å²) >= 11 is 0. The highest BCUT2D eigenvalue weighted by Gasteiger charge is 2.37. The van der Waals surface area contributed by atoms with Gasteiger partial charge in [-0.25, -0.2) is 4.79 Å². The minimum Gasteiger partial charge on any atom is -0.672 e. The van der Waals surface area contributed by atoms with Crippen molar-refractivity contribution in [3.8, 4) is 0 Å². The third-order valence-electron chi connectivity index (χ3n) is 8.00. The molecule has 1 aliphatic heterocycles. The average Bonchev–Trinajstić information content (AvgIpc) is 3.70. The van der Waals surface area contributed by atoms with E-state index in [1.807, 2.05) is 0 Å². The molecule has 4 atom stereocenters. The van der Waals surface area contributed by atoms with Crippen molar-refractivity contribution in [2.75, 3.05) is 6.54 Å². The molecular weight excluding hydrogens is 554 g/mol. The Hall–Kier alpha value is -2.24. The Kier molecular flexibility index (Phi) is 22.7. The number of carboxylic acids is 2. The van der Waals surface area contributed by atoms with E-state index in [-0.39, 0.29) is 31.1 Å². The molecule has 1 heterocycles. The first-order valence-electron chi connectivity index (χ1n) is 16.8. The number of aliphatic carboxylic acids is 2. The van der Waals surface area contributed by atoms with Crippen LogP contribution in [0.3, 0.4) is 0 Å². The smallest absolute Gasteiger partial charge is 0.326 e. The summed E-state index contributed by atoms with van der Waals surface area (Å²) in [7, 11) is 0. The number of nitrogens with one attached hydrogen (secondary N) is 3. The van der Waals surface area contributed by atoms with Gasteiger partial charge >= 0.3 is 11.9 Å². The van der Waals surface area contributed by atoms with Gasteiger partial charge in [-0.3, -0.25) is 14.4 Å². The largest absolute Gasteiger partial charge is 0.672 e. The number of hydrogen-bond acceptors (Lipinski definition) is 6. The monoisotopic (exact) mass is 612 g/mol. The molecule has 11 heteroatoms. The quantitative estimate of drug-likeness (QED) is 0.0492. The molecule has 0 radical (unpaired) electrons. The highest BCUT2D eigenvalue weighted by atomic mass is 16.7. The Balaban J connectivity index is 1.91. The molecule has 1 aliphatic rings. The first-order valence-corrected chi connectivity index (χ1v) is 16.8. The minimum absolute atomic E-state index is 0.0119. The number of hydrogen-bond donors (Lipinski definition) is 5. The molecule has 11 nitrogen and oxygen atoms in total. The average molecular weight is 613 g/mol. The van der Waals surface area contributed by atoms with Crippen LogP contribution in [0.15, 0.2) is 0 Å². The molecule has 1 fully saturated rings. The van der Waals surface area contributed by atoms with Gasteiger partial charge < -0.3 is 36.4 Å². The Morgan fingerprint density at radius 3 is 1.53 bits per heavy atom. The van der Waals surface area contributed by atoms with Crippen molar-refractivity contribution in [2.45, 2.75) is 172 Å². The fraction of sp³-hybridized carbons (Fsp3) is 0.875. The summed E-state index contributed by atoms with van der Waals surface area (Å²) in [6.07, 6.45) is 19.5. The summed E-state index contributed by atoms with van der Waals surface area (Å²) in [5.41, 5.74) is 7.82. The molecule has 0 aliphatic carbocycles. The number of amides is 2. The number of rotatable bonds is 30. The molecular formula is C32H58N3O8-. The maximum Gasteiger partial charge on any atom is 0.326 e. The van der Waals surface area contributed by atoms with Gasteiger partial charge in [0.25, 0.3) is 0 Å². The standard InChI is InChI=1S/C32H58N3O8/c33-25(30-32(42)43-30)19-17-18-24-34-27(36)23-22-26(31(40)41)35-28(37)20-15-13-11-9-7-5-3-1-2-4-6-8-10-12-14-16-21-29(38)39/h25-26,30,32-33,42H,1-24H2,(H,34,36)(H,35,37)(H,38,39)(H,40,41)/q-1/t25-,26-,30?,32?/m0/s1. The van der Waals surface area contributed by atoms with E-state index in [1.54, 1.807) is 0 Å². The molecule has 0 saturated carbocycles. The van der Waals surface area contributed by atoms with Gasteiger partial charge in [0.2, 0.25) is 11.8 Å². The number of carbonyl (C=O) groups excluding carboxylic acids is 2. The van der Waals surface area contributed by atoms with Crippen LogP contribution in [0.5, 0.6) is 0 Å². The highest BCUT2D eigenvalue weighted by Crippen LogP contribution is 2.27. The number of unbranched alkanes of at least 4 members (excludes halogenated alkanes) is 16. The van der Waals surface area contributed by atoms with Gasteiger partial charge in [-0.05, 0) is 25.7 Å². The zero-order chi connectivity index (χ0) is 31.7. The van der Waals surface area contributed by atoms with E-state index in [4.69, 9.17) is 20.7 Å². The van der Waals surface area contributed by atoms with Crippen LogP contribution in [0.1, 0.15) is 148 Å². The van der Waals surface area contributed by atoms with Gasteiger partial charge in [0.1, 0.15) is 6.04 Å². The van der Waals surface area contributed by atoms with Crippen molar-refractivity contribution in [1.29, 1.82) is 0 Å². The molecule has 0 bridgehead atoms. The van der Waals surface area contributed by atoms with E-state index in [2.05, 4.69) is 10.6 Å². The number of ether oxygens (including phenoxy) is 1. The van der Waals surface area contributed by atoms with E-state index < -0.39 is 36.4 Å². The van der Waals surface area contributed by atoms with Crippen LogP contribution in [-0.2, 0) is 23.9 Å². The van der Waals surface area contributed by atoms with Gasteiger partial charge in [-0.1, -0.05) is 103 Å². The van der Waals surface area contributed by atoms with Gasteiger partial charge in [-0.2, -0.15) is 0 Å². The predicted octanol–water partition coefficient (Wildman–Crippen LogP) is 5.87. The lowest BCUT2D eigenvalue weighted by molar-refractivity contribution is -0.142. The fourth-order valence-electron chi connectivity index (χ4n) is 5.21. The third-order valence-corrected chi connectivity index (χ3v) is 8.00. The summed E-state index contributed by atoms with van der Waals surface area (Å²) in [6.45, 7) is 0.435. The molecule has 250 valence electrons. The Labute approximate surface area is 258 Å². The lowest BCUT2D eigenvalue weighted by Gasteiger charge is -2.16. The molecule has 2 amide bonds. The maximum atomic E-state index is 12.2. The van der Waals surface area contributed by atoms with Crippen LogP contribution in [-0.4, -0.2) is 70.1 Å². The van der Waals surface area contributed by atoms with Crippen molar-refractivity contribution < 1.29 is 39.2 Å². The second kappa shape index (κ2) is 25.1. The van der Waals surface area contributed by atoms with Crippen LogP contribution in [0.4, 0.5) is 0 Å². The van der Waals surface area contributed by atoms with Crippen molar-refractivity contribution in [1.82, 2.24) is 10.6 Å². The van der Waals surface area contributed by atoms with Crippen molar-refractivity contribution >= 4 is 23.8 Å². The molecule has 2 unspecified atom stereocenters. The normalized spacial score (nSPS) is 17.3. The molecule has 0 aromatic carbocycles. The van der Waals surface area contributed by atoms with Gasteiger partial charge in [-0.15, -0.1) is 6.04 Å². The predicted molar refractivity (Wildman–Crippen MR) is 165 cm³/mol. The topological polar surface area (TPSA) is 189 Å². The lowest BCUT2D eigenvalue weighted by atomic mass is 10.0. The fourth-order valence-corrected chi connectivity index (χ4v) is 5.21.